The molecular weight excluding hydrogens is 1230 g/mol. The van der Waals surface area contributed by atoms with Crippen molar-refractivity contribution in [2.24, 2.45) is 0 Å². The summed E-state index contributed by atoms with van der Waals surface area (Å²) >= 11 is 0. The van der Waals surface area contributed by atoms with Gasteiger partial charge in [0.05, 0.1) is 61.6 Å². The van der Waals surface area contributed by atoms with Crippen LogP contribution in [0.15, 0.2) is 55.4 Å². The highest BCUT2D eigenvalue weighted by Crippen LogP contribution is 2.66. The predicted octanol–water partition coefficient (Wildman–Crippen LogP) is 2.15. The molecule has 0 fully saturated rings. The van der Waals surface area contributed by atoms with Crippen LogP contribution in [-0.2, 0) is 92.9 Å². The Morgan fingerprint density at radius 2 is 0.929 bits per heavy atom. The van der Waals surface area contributed by atoms with Gasteiger partial charge in [0.2, 0.25) is 13.6 Å². The number of hydrogen-bond acceptors (Lipinski definition) is 29. The summed E-state index contributed by atoms with van der Waals surface area (Å²) in [5.74, 6) is 0.482. The van der Waals surface area contributed by atoms with E-state index >= 15 is 0 Å². The minimum absolute atomic E-state index is 0.00309. The Kier molecular flexibility index (Phi) is 27.3. The average Bonchev–Trinajstić information content (AvgIpc) is 3.62. The minimum atomic E-state index is -5.55. The van der Waals surface area contributed by atoms with Crippen LogP contribution in [0.5, 0.6) is 0 Å². The predicted molar refractivity (Wildman–Crippen MR) is 285 cm³/mol. The Bertz CT molecular complexity index is 3310. The first-order valence-electron chi connectivity index (χ1n) is 24.1. The van der Waals surface area contributed by atoms with Crippen molar-refractivity contribution < 1.29 is 128 Å². The number of rotatable bonds is 30. The second-order valence-electron chi connectivity index (χ2n) is 17.6. The van der Waals surface area contributed by atoms with E-state index in [1.54, 1.807) is 56.5 Å². The van der Waals surface area contributed by atoms with Gasteiger partial charge in [0, 0.05) is 36.3 Å². The van der Waals surface area contributed by atoms with Crippen molar-refractivity contribution in [1.82, 2.24) is 43.8 Å². The molecule has 0 aliphatic carbocycles. The van der Waals surface area contributed by atoms with Crippen LogP contribution in [0.3, 0.4) is 0 Å². The maximum Gasteiger partial charge on any atom is 0.510 e. The largest absolute Gasteiger partial charge is 0.510 e. The molecule has 0 saturated carbocycles. The first-order valence-corrected chi connectivity index (χ1v) is 32.4. The molecule has 84 heavy (non-hydrogen) atoms. The Morgan fingerprint density at radius 1 is 0.548 bits per heavy atom. The van der Waals surface area contributed by atoms with Crippen LogP contribution in [0.2, 0.25) is 0 Å². The lowest BCUT2D eigenvalue weighted by atomic mass is 10.2. The number of carbonyl (C=O) groups is 2. The lowest BCUT2D eigenvalue weighted by molar-refractivity contribution is -0.0393. The van der Waals surface area contributed by atoms with Crippen LogP contribution in [0.4, 0.5) is 21.2 Å². The van der Waals surface area contributed by atoms with Crippen molar-refractivity contribution in [2.75, 3.05) is 63.9 Å². The summed E-state index contributed by atoms with van der Waals surface area (Å²) < 4.78 is 114. The Hall–Kier alpha value is -5.49. The first-order chi connectivity index (χ1) is 39.2. The highest BCUT2D eigenvalue weighted by atomic mass is 31.3. The number of anilines is 2. The normalized spacial score (nSPS) is 14.7. The number of aryl methyl sites for hydroxylation is 1. The molecular formula is C41H64N11O27P5. The topological polar surface area (TPSA) is 546 Å². The molecule has 43 heteroatoms. The molecule has 0 aliphatic heterocycles. The molecule has 0 amide bonds. The maximum atomic E-state index is 13.1. The maximum absolute atomic E-state index is 13.1. The lowest BCUT2D eigenvalue weighted by Gasteiger charge is -2.21. The molecule has 0 radical (unpaired) electrons. The van der Waals surface area contributed by atoms with Crippen molar-refractivity contribution in [3.63, 3.8) is 0 Å². The van der Waals surface area contributed by atoms with Gasteiger partial charge < -0.3 is 89.3 Å². The molecule has 5 atom stereocenters. The third kappa shape index (κ3) is 24.5. The number of fused-ring (bicyclic) bond motifs is 3. The van der Waals surface area contributed by atoms with Gasteiger partial charge in [-0.25, -0.2) is 51.5 Å². The molecule has 6 rings (SSSR count). The zero-order valence-electron chi connectivity index (χ0n) is 45.2. The molecule has 0 saturated heterocycles. The first kappa shape index (κ1) is 71.0. The fourth-order valence-electron chi connectivity index (χ4n) is 6.62. The molecule has 6 aromatic heterocycles. The summed E-state index contributed by atoms with van der Waals surface area (Å²) in [6.45, 7) is 5.31. The number of nitrogens with two attached hydrogens (primary N) is 2. The van der Waals surface area contributed by atoms with Crippen LogP contribution in [0.1, 0.15) is 50.5 Å². The van der Waals surface area contributed by atoms with Crippen molar-refractivity contribution in [2.45, 2.75) is 84.4 Å². The summed E-state index contributed by atoms with van der Waals surface area (Å²) in [4.78, 5) is 88.0. The Morgan fingerprint density at radius 3 is 1.32 bits per heavy atom. The smallest absolute Gasteiger partial charge is 0.432 e. The van der Waals surface area contributed by atoms with Gasteiger partial charge in [0.15, 0.2) is 11.6 Å². The van der Waals surface area contributed by atoms with Gasteiger partial charge in [-0.05, 0) is 71.0 Å². The molecule has 0 bridgehead atoms. The molecule has 470 valence electrons. The molecule has 6 heterocycles. The molecule has 0 aromatic carbocycles. The second kappa shape index (κ2) is 32.3. The van der Waals surface area contributed by atoms with Gasteiger partial charge in [-0.15, -0.1) is 0 Å². The van der Waals surface area contributed by atoms with E-state index in [9.17, 15) is 52.6 Å². The zero-order valence-corrected chi connectivity index (χ0v) is 49.6. The summed E-state index contributed by atoms with van der Waals surface area (Å²) in [5, 5.41) is 40.6. The lowest BCUT2D eigenvalue weighted by Crippen LogP contribution is -2.24. The fourth-order valence-corrected chi connectivity index (χ4v) is 11.4. The van der Waals surface area contributed by atoms with Crippen LogP contribution >= 0.6 is 38.4 Å². The minimum Gasteiger partial charge on any atom is -0.432 e. The molecule has 6 aromatic rings. The highest BCUT2D eigenvalue weighted by molar-refractivity contribution is 7.68. The van der Waals surface area contributed by atoms with Gasteiger partial charge in [-0.2, -0.15) is 19.6 Å². The summed E-state index contributed by atoms with van der Waals surface area (Å²) in [7, 11) is -24.4. The zero-order chi connectivity index (χ0) is 62.6. The number of hydrogen-bond donors (Lipinski definition) is 11. The SMILES string of the molecule is CC(C)OC(=O)OCOP(=O)(COC(CO)Cc1ccc2c(N)ncnn12)OCOC(=O)OC(C)C.Cc1ncnn2c(CC(CO)OCP(=O)(O)O)ccc12.Nc1ncnn2c(CC(CO)OCP(=O)(O)OP(=O)(O)OP(=O)(O)O)ccc12. The number of aromatic nitrogens is 9. The van der Waals surface area contributed by atoms with Gasteiger partial charge in [-0.3, -0.25) is 22.7 Å². The Balaban J connectivity index is 0.000000281. The number of nitrogen functional groups attached to an aromatic ring is 2. The molecule has 13 N–H and O–H groups in total. The van der Waals surface area contributed by atoms with Gasteiger partial charge in [-0.1, -0.05) is 0 Å². The summed E-state index contributed by atoms with van der Waals surface area (Å²) in [5.41, 5.74) is 16.2. The van der Waals surface area contributed by atoms with E-state index in [1.807, 2.05) is 19.1 Å². The number of ether oxygens (including phenoxy) is 7. The van der Waals surface area contributed by atoms with E-state index < -0.39 is 127 Å². The van der Waals surface area contributed by atoms with E-state index in [0.717, 1.165) is 16.9 Å². The summed E-state index contributed by atoms with van der Waals surface area (Å²) in [6.07, 6.45) is -3.82. The van der Waals surface area contributed by atoms with E-state index in [0.29, 0.717) is 28.8 Å². The van der Waals surface area contributed by atoms with Crippen LogP contribution < -0.4 is 11.5 Å². The third-order valence-corrected chi connectivity index (χ3v) is 16.1. The van der Waals surface area contributed by atoms with Crippen molar-refractivity contribution in [3.05, 3.63) is 78.2 Å². The summed E-state index contributed by atoms with van der Waals surface area (Å²) in [6, 6.07) is 10.3. The standard InChI is InChI=1S/C20H31N4O11P.C11H16N3O5P.C10H17N4O11P3/c1-13(2)34-19(26)29-10-32-36(28,33-11-30-20(27)35-14(3)4)12-31-16(8-25)7-15-5-6-17-18(21)22-9-23-24(15)17;1-8-11-3-2-9(14(11)13-6-12-8)4-10(5-15)19-7-20(16,17)18;11-10-9-2-1-7(14(9)13-5-12-10)3-8(4-15)23-6-26(16,17)24-28(21,22)25-27(18,19)20/h5-6,9,13-14,16,25H,7-8,10-12H2,1-4H3,(H2,21,22,23);2-3,6,10,15H,4-5,7H2,1H3,(H2,16,17,18);1-2,5,8,15H,3-4,6H2,(H,16,17)(H,21,22)(H2,11,12,13)(H2,18,19,20). The number of carbonyl (C=O) groups excluding carboxylic acids is 2. The van der Waals surface area contributed by atoms with Gasteiger partial charge in [0.1, 0.15) is 49.1 Å². The van der Waals surface area contributed by atoms with Crippen molar-refractivity contribution >= 4 is 78.9 Å². The molecule has 0 aliphatic rings. The van der Waals surface area contributed by atoms with Crippen molar-refractivity contribution in [3.8, 4) is 0 Å². The average molecular weight is 1300 g/mol. The number of aliphatic hydroxyl groups excluding tert-OH is 3. The molecule has 5 unspecified atom stereocenters. The molecule has 38 nitrogen and oxygen atoms in total. The monoisotopic (exact) mass is 1300 g/mol. The second-order valence-corrected chi connectivity index (χ2v) is 25.9. The van der Waals surface area contributed by atoms with E-state index in [-0.39, 0.29) is 31.1 Å². The van der Waals surface area contributed by atoms with E-state index in [4.69, 9.17) is 78.1 Å². The third-order valence-electron chi connectivity index (χ3n) is 10.1. The van der Waals surface area contributed by atoms with E-state index in [2.05, 4.69) is 38.9 Å². The van der Waals surface area contributed by atoms with Gasteiger partial charge in [0.25, 0.3) is 0 Å². The Labute approximate surface area is 475 Å². The van der Waals surface area contributed by atoms with Crippen LogP contribution in [0.25, 0.3) is 16.6 Å². The molecule has 0 spiro atoms. The number of aliphatic hydroxyl groups is 3. The van der Waals surface area contributed by atoms with E-state index in [1.165, 1.54) is 28.0 Å². The number of phosphoric acid groups is 2. The quantitative estimate of drug-likeness (QED) is 0.0175. The van der Waals surface area contributed by atoms with Crippen LogP contribution in [-0.4, -0.2) is 184 Å². The van der Waals surface area contributed by atoms with Gasteiger partial charge >= 0.3 is 50.7 Å². The fraction of sp³-hybridized carbons (Fsp3) is 0.512. The van der Waals surface area contributed by atoms with Crippen molar-refractivity contribution in [1.29, 1.82) is 0 Å². The number of nitrogens with zero attached hydrogens (tertiary/aromatic N) is 9. The van der Waals surface area contributed by atoms with Crippen LogP contribution in [0, 0.1) is 6.92 Å². The highest BCUT2D eigenvalue weighted by Gasteiger charge is 2.40.